The van der Waals surface area contributed by atoms with Gasteiger partial charge in [-0.25, -0.2) is 0 Å². The van der Waals surface area contributed by atoms with E-state index in [1.54, 1.807) is 6.08 Å². The molecule has 3 aromatic carbocycles. The Kier molecular flexibility index (Phi) is 9.34. The van der Waals surface area contributed by atoms with E-state index in [-0.39, 0.29) is 0 Å². The van der Waals surface area contributed by atoms with E-state index in [0.29, 0.717) is 5.76 Å². The highest BCUT2D eigenvalue weighted by Crippen LogP contribution is 2.24. The largest absolute Gasteiger partial charge is 0.458 e. The molecule has 3 aromatic rings. The van der Waals surface area contributed by atoms with Gasteiger partial charge in [0.25, 0.3) is 0 Å². The molecule has 0 amide bonds. The van der Waals surface area contributed by atoms with Crippen LogP contribution in [0.5, 0.6) is 17.2 Å². The van der Waals surface area contributed by atoms with Crippen LogP contribution < -0.4 is 15.2 Å². The molecule has 0 spiro atoms. The number of allylic oxidation sites excluding steroid dienone is 3. The summed E-state index contributed by atoms with van der Waals surface area (Å²) in [6.45, 7) is 11.7. The van der Waals surface area contributed by atoms with Crippen molar-refractivity contribution in [2.24, 2.45) is 5.73 Å². The molecule has 0 aliphatic rings. The number of ether oxygens (including phenoxy) is 2. The molecule has 0 aliphatic heterocycles. The molecule has 3 heteroatoms. The molecule has 0 saturated heterocycles. The second-order valence-electron chi connectivity index (χ2n) is 7.04. The fourth-order valence-electron chi connectivity index (χ4n) is 2.90. The molecule has 0 saturated carbocycles. The number of benzene rings is 3. The van der Waals surface area contributed by atoms with Crippen molar-refractivity contribution in [3.8, 4) is 17.2 Å². The van der Waals surface area contributed by atoms with Crippen molar-refractivity contribution in [1.82, 2.24) is 0 Å². The van der Waals surface area contributed by atoms with E-state index in [4.69, 9.17) is 9.47 Å². The molecule has 160 valence electrons. The first kappa shape index (κ1) is 23.7. The molecule has 0 fully saturated rings. The van der Waals surface area contributed by atoms with E-state index in [1.165, 1.54) is 23.7 Å². The smallest absolute Gasteiger partial charge is 0.127 e. The maximum absolute atomic E-state index is 5.92. The van der Waals surface area contributed by atoms with Crippen LogP contribution in [0.3, 0.4) is 0 Å². The van der Waals surface area contributed by atoms with Gasteiger partial charge in [0, 0.05) is 0 Å². The summed E-state index contributed by atoms with van der Waals surface area (Å²) in [7, 11) is 1.50. The zero-order chi connectivity index (χ0) is 22.6. The summed E-state index contributed by atoms with van der Waals surface area (Å²) in [6, 6.07) is 24.3. The Morgan fingerprint density at radius 1 is 0.871 bits per heavy atom. The highest BCUT2D eigenvalue weighted by molar-refractivity contribution is 5.37. The fourth-order valence-corrected chi connectivity index (χ4v) is 2.90. The molecule has 0 unspecified atom stereocenters. The van der Waals surface area contributed by atoms with Crippen molar-refractivity contribution in [2.75, 3.05) is 7.05 Å². The van der Waals surface area contributed by atoms with Crippen molar-refractivity contribution in [3.63, 3.8) is 0 Å². The summed E-state index contributed by atoms with van der Waals surface area (Å²) >= 11 is 0. The SMILES string of the molecule is C=C/C(C)=C\C(=C)Oc1ccc(Cc2ccc(Oc3cccc(C)c3)cc2)cc1.CN. The highest BCUT2D eigenvalue weighted by atomic mass is 16.5. The van der Waals surface area contributed by atoms with Crippen LogP contribution in [0, 0.1) is 6.92 Å². The lowest BCUT2D eigenvalue weighted by atomic mass is 10.0. The summed E-state index contributed by atoms with van der Waals surface area (Å²) in [4.78, 5) is 0. The van der Waals surface area contributed by atoms with Crippen LogP contribution in [0.4, 0.5) is 0 Å². The van der Waals surface area contributed by atoms with Crippen LogP contribution >= 0.6 is 0 Å². The molecule has 3 rings (SSSR count). The quantitative estimate of drug-likeness (QED) is 0.320. The predicted molar refractivity (Wildman–Crippen MR) is 131 cm³/mol. The van der Waals surface area contributed by atoms with Crippen molar-refractivity contribution in [2.45, 2.75) is 20.3 Å². The molecule has 0 aromatic heterocycles. The Morgan fingerprint density at radius 2 is 1.45 bits per heavy atom. The standard InChI is InChI=1S/C27H26O2.CH5N/c1-5-20(2)17-22(4)28-25-13-9-23(10-14-25)19-24-11-15-26(16-12-24)29-27-8-6-7-21(3)18-27;1-2/h5-18H,1,4,19H2,2-3H3;2H2,1H3/b20-17-;. The lowest BCUT2D eigenvalue weighted by Crippen LogP contribution is -1.93. The van der Waals surface area contributed by atoms with Gasteiger partial charge in [-0.2, -0.15) is 0 Å². The molecule has 2 N–H and O–H groups in total. The summed E-state index contributed by atoms with van der Waals surface area (Å²) in [5.41, 5.74) is 9.14. The topological polar surface area (TPSA) is 44.5 Å². The van der Waals surface area contributed by atoms with Crippen LogP contribution in [0.1, 0.15) is 23.6 Å². The molecule has 0 atom stereocenters. The van der Waals surface area contributed by atoms with Gasteiger partial charge in [0.1, 0.15) is 23.0 Å². The Bertz CT molecular complexity index is 1020. The number of rotatable bonds is 8. The molecule has 3 nitrogen and oxygen atoms in total. The van der Waals surface area contributed by atoms with Crippen molar-refractivity contribution in [3.05, 3.63) is 126 Å². The van der Waals surface area contributed by atoms with Crippen molar-refractivity contribution in [1.29, 1.82) is 0 Å². The molecule has 0 bridgehead atoms. The third kappa shape index (κ3) is 8.00. The number of aryl methyl sites for hydroxylation is 1. The van der Waals surface area contributed by atoms with Gasteiger partial charge in [0.2, 0.25) is 0 Å². The van der Waals surface area contributed by atoms with Gasteiger partial charge < -0.3 is 15.2 Å². The molecule has 0 heterocycles. The Balaban J connectivity index is 0.00000166. The second kappa shape index (κ2) is 12.2. The fraction of sp³-hybridized carbons (Fsp3) is 0.143. The third-order valence-electron chi connectivity index (χ3n) is 4.44. The lowest BCUT2D eigenvalue weighted by Gasteiger charge is -2.09. The van der Waals surface area contributed by atoms with E-state index in [9.17, 15) is 0 Å². The Hall–Kier alpha value is -3.56. The van der Waals surface area contributed by atoms with Gasteiger partial charge in [0.15, 0.2) is 0 Å². The molecule has 31 heavy (non-hydrogen) atoms. The van der Waals surface area contributed by atoms with Gasteiger partial charge in [-0.15, -0.1) is 0 Å². The average Bonchev–Trinajstić information content (AvgIpc) is 2.78. The summed E-state index contributed by atoms with van der Waals surface area (Å²) < 4.78 is 11.7. The summed E-state index contributed by atoms with van der Waals surface area (Å²) in [5, 5.41) is 0. The number of nitrogens with two attached hydrogens (primary N) is 1. The molecule has 0 radical (unpaired) electrons. The molecular weight excluding hydrogens is 382 g/mol. The zero-order valence-electron chi connectivity index (χ0n) is 18.6. The van der Waals surface area contributed by atoms with Gasteiger partial charge >= 0.3 is 0 Å². The normalized spacial score (nSPS) is 10.5. The lowest BCUT2D eigenvalue weighted by molar-refractivity contribution is 0.446. The van der Waals surface area contributed by atoms with E-state index < -0.39 is 0 Å². The van der Waals surface area contributed by atoms with E-state index in [2.05, 4.69) is 56.1 Å². The van der Waals surface area contributed by atoms with Gasteiger partial charge in [-0.1, -0.05) is 55.6 Å². The van der Waals surface area contributed by atoms with Crippen molar-refractivity contribution >= 4 is 0 Å². The van der Waals surface area contributed by atoms with E-state index in [0.717, 1.165) is 29.2 Å². The first-order chi connectivity index (χ1) is 15.0. The third-order valence-corrected chi connectivity index (χ3v) is 4.44. The Morgan fingerprint density at radius 3 is 2.00 bits per heavy atom. The van der Waals surface area contributed by atoms with Crippen LogP contribution in [0.25, 0.3) is 0 Å². The van der Waals surface area contributed by atoms with Crippen LogP contribution in [0.2, 0.25) is 0 Å². The minimum Gasteiger partial charge on any atom is -0.458 e. The van der Waals surface area contributed by atoms with Crippen LogP contribution in [-0.4, -0.2) is 7.05 Å². The van der Waals surface area contributed by atoms with Crippen LogP contribution in [0.15, 0.2) is 109 Å². The Labute approximate surface area is 186 Å². The molecular formula is C28H31NO2. The summed E-state index contributed by atoms with van der Waals surface area (Å²) in [6.07, 6.45) is 4.48. The average molecular weight is 414 g/mol. The van der Waals surface area contributed by atoms with Crippen LogP contribution in [-0.2, 0) is 6.42 Å². The minimum absolute atomic E-state index is 0.597. The second-order valence-corrected chi connectivity index (χ2v) is 7.04. The maximum Gasteiger partial charge on any atom is 0.127 e. The van der Waals surface area contributed by atoms with Gasteiger partial charge in [-0.05, 0) is 92.1 Å². The predicted octanol–water partition coefficient (Wildman–Crippen LogP) is 6.98. The molecule has 0 aliphatic carbocycles. The van der Waals surface area contributed by atoms with Crippen molar-refractivity contribution < 1.29 is 9.47 Å². The first-order valence-electron chi connectivity index (χ1n) is 10.2. The zero-order valence-corrected chi connectivity index (χ0v) is 18.6. The highest BCUT2D eigenvalue weighted by Gasteiger charge is 2.02. The maximum atomic E-state index is 5.92. The monoisotopic (exact) mass is 413 g/mol. The number of hydrogen-bond donors (Lipinski definition) is 1. The van der Waals surface area contributed by atoms with Gasteiger partial charge in [0.05, 0.1) is 0 Å². The van der Waals surface area contributed by atoms with E-state index >= 15 is 0 Å². The number of hydrogen-bond acceptors (Lipinski definition) is 3. The minimum atomic E-state index is 0.597. The summed E-state index contributed by atoms with van der Waals surface area (Å²) in [5.74, 6) is 3.06. The van der Waals surface area contributed by atoms with E-state index in [1.807, 2.05) is 55.5 Å². The first-order valence-corrected chi connectivity index (χ1v) is 10.2. The van der Waals surface area contributed by atoms with Gasteiger partial charge in [-0.3, -0.25) is 0 Å².